The summed E-state index contributed by atoms with van der Waals surface area (Å²) < 4.78 is 7.82. The van der Waals surface area contributed by atoms with E-state index in [1.807, 2.05) is 4.90 Å². The molecular weight excluding hydrogens is 344 g/mol. The number of amides is 1. The van der Waals surface area contributed by atoms with Crippen LogP contribution in [0.25, 0.3) is 0 Å². The maximum absolute atomic E-state index is 12.9. The number of hydrogen-bond acceptors (Lipinski definition) is 6. The number of likely N-dealkylation sites (tertiary alicyclic amines) is 1. The molecule has 1 N–H and O–H groups in total. The third kappa shape index (κ3) is 3.57. The third-order valence-electron chi connectivity index (χ3n) is 5.13. The number of hydrogen-bond donors (Lipinski definition) is 1. The first-order valence-electron chi connectivity index (χ1n) is 9.38. The number of nitrogens with one attached hydrogen (secondary N) is 1. The molecule has 0 radical (unpaired) electrons. The van der Waals surface area contributed by atoms with Crippen molar-refractivity contribution in [3.8, 4) is 5.75 Å². The average molecular weight is 368 g/mol. The lowest BCUT2D eigenvalue weighted by molar-refractivity contribution is 0.0700. The molecule has 8 heteroatoms. The van der Waals surface area contributed by atoms with Crippen LogP contribution in [0, 0.1) is 0 Å². The first-order valence-corrected chi connectivity index (χ1v) is 9.38. The predicted octanol–water partition coefficient (Wildman–Crippen LogP) is 1.36. The number of pyridine rings is 1. The van der Waals surface area contributed by atoms with Crippen molar-refractivity contribution in [2.75, 3.05) is 26.2 Å². The zero-order valence-electron chi connectivity index (χ0n) is 15.3. The predicted molar refractivity (Wildman–Crippen MR) is 99.5 cm³/mol. The summed E-state index contributed by atoms with van der Waals surface area (Å²) in [6.45, 7) is 7.99. The number of rotatable bonds is 5. The summed E-state index contributed by atoms with van der Waals surface area (Å²) in [6.07, 6.45) is 5.04. The normalized spacial score (nSPS) is 17.4. The maximum Gasteiger partial charge on any atom is 0.276 e. The smallest absolute Gasteiger partial charge is 0.276 e. The summed E-state index contributed by atoms with van der Waals surface area (Å²) >= 11 is 0. The summed E-state index contributed by atoms with van der Waals surface area (Å²) in [7, 11) is 0. The zero-order chi connectivity index (χ0) is 18.6. The van der Waals surface area contributed by atoms with Gasteiger partial charge in [0.25, 0.3) is 5.91 Å². The lowest BCUT2D eigenvalue weighted by Gasteiger charge is -2.32. The van der Waals surface area contributed by atoms with Gasteiger partial charge in [0.2, 0.25) is 0 Å². The Morgan fingerprint density at radius 1 is 1.33 bits per heavy atom. The highest BCUT2D eigenvalue weighted by Crippen LogP contribution is 2.29. The molecule has 1 saturated heterocycles. The summed E-state index contributed by atoms with van der Waals surface area (Å²) in [6, 6.07) is 3.54. The Morgan fingerprint density at radius 2 is 2.19 bits per heavy atom. The molecule has 0 aliphatic carbocycles. The Kier molecular flexibility index (Phi) is 5.15. The molecule has 2 aromatic rings. The molecule has 8 nitrogen and oxygen atoms in total. The largest absolute Gasteiger partial charge is 0.487 e. The number of nitrogens with zero attached hydrogens (tertiary/aromatic N) is 5. The number of ether oxygens (including phenoxy) is 1. The van der Waals surface area contributed by atoms with E-state index in [1.165, 1.54) is 0 Å². The van der Waals surface area contributed by atoms with E-state index in [-0.39, 0.29) is 5.91 Å². The minimum absolute atomic E-state index is 0.0828. The number of carbonyl (C=O) groups excluding carboxylic acids is 1. The topological polar surface area (TPSA) is 85.2 Å². The Balaban J connectivity index is 1.43. The van der Waals surface area contributed by atoms with Crippen LogP contribution in [0.3, 0.4) is 0 Å². The van der Waals surface area contributed by atoms with Crippen molar-refractivity contribution in [3.05, 3.63) is 48.3 Å². The van der Waals surface area contributed by atoms with E-state index in [4.69, 9.17) is 4.74 Å². The highest BCUT2D eigenvalue weighted by molar-refractivity contribution is 5.95. The van der Waals surface area contributed by atoms with Gasteiger partial charge in [-0.15, -0.1) is 10.2 Å². The van der Waals surface area contributed by atoms with Crippen LogP contribution >= 0.6 is 0 Å². The second kappa shape index (κ2) is 7.87. The Morgan fingerprint density at radius 3 is 3.00 bits per heavy atom. The number of fused-ring (bicyclic) bond motifs is 1. The minimum Gasteiger partial charge on any atom is -0.487 e. The summed E-state index contributed by atoms with van der Waals surface area (Å²) in [5.74, 6) is 2.83. The van der Waals surface area contributed by atoms with Crippen molar-refractivity contribution in [2.24, 2.45) is 0 Å². The van der Waals surface area contributed by atoms with Crippen molar-refractivity contribution in [1.82, 2.24) is 30.0 Å². The molecule has 2 aromatic heterocycles. The molecule has 0 unspecified atom stereocenters. The molecule has 4 heterocycles. The van der Waals surface area contributed by atoms with E-state index in [2.05, 4.69) is 31.6 Å². The molecule has 4 rings (SSSR count). The maximum atomic E-state index is 12.9. The minimum atomic E-state index is -0.0828. The van der Waals surface area contributed by atoms with Crippen LogP contribution in [0.5, 0.6) is 5.75 Å². The van der Waals surface area contributed by atoms with Crippen LogP contribution in [0.2, 0.25) is 0 Å². The highest BCUT2D eigenvalue weighted by atomic mass is 16.5. The Hall–Kier alpha value is -2.74. The number of aromatic nitrogens is 4. The molecule has 27 heavy (non-hydrogen) atoms. The molecule has 1 amide bonds. The quantitative estimate of drug-likeness (QED) is 0.802. The second-order valence-electron chi connectivity index (χ2n) is 6.82. The molecular formula is C19H24N6O2. The fraction of sp³-hybridized carbons (Fsp3) is 0.474. The molecule has 142 valence electrons. The van der Waals surface area contributed by atoms with Gasteiger partial charge in [0.1, 0.15) is 18.3 Å². The van der Waals surface area contributed by atoms with Crippen molar-refractivity contribution in [1.29, 1.82) is 0 Å². The SMILES string of the molecule is C=CCOc1cccnc1C(=O)N1CCC(c2nnc3n2CCNC3)CC1. The molecule has 2 aliphatic rings. The van der Waals surface area contributed by atoms with Gasteiger partial charge < -0.3 is 19.5 Å². The number of piperidine rings is 1. The monoisotopic (exact) mass is 368 g/mol. The van der Waals surface area contributed by atoms with Crippen molar-refractivity contribution >= 4 is 5.91 Å². The van der Waals surface area contributed by atoms with E-state index in [0.29, 0.717) is 37.1 Å². The van der Waals surface area contributed by atoms with Crippen LogP contribution in [0.4, 0.5) is 0 Å². The fourth-order valence-corrected chi connectivity index (χ4v) is 3.72. The third-order valence-corrected chi connectivity index (χ3v) is 5.13. The standard InChI is InChI=1S/C19H24N6O2/c1-2-12-27-15-4-3-7-21-17(15)19(26)24-9-5-14(6-10-24)18-23-22-16-13-20-8-11-25(16)18/h2-4,7,14,20H,1,5-6,8-13H2. The van der Waals surface area contributed by atoms with Gasteiger partial charge >= 0.3 is 0 Å². The van der Waals surface area contributed by atoms with E-state index >= 15 is 0 Å². The van der Waals surface area contributed by atoms with Gasteiger partial charge in [0.05, 0.1) is 6.54 Å². The average Bonchev–Trinajstić information content (AvgIpc) is 3.16. The van der Waals surface area contributed by atoms with E-state index < -0.39 is 0 Å². The number of carbonyl (C=O) groups is 1. The summed E-state index contributed by atoms with van der Waals surface area (Å²) in [5, 5.41) is 12.1. The molecule has 2 aliphatic heterocycles. The van der Waals surface area contributed by atoms with Gasteiger partial charge in [0, 0.05) is 38.3 Å². The van der Waals surface area contributed by atoms with Gasteiger partial charge in [-0.3, -0.25) is 4.79 Å². The molecule has 0 bridgehead atoms. The molecule has 0 atom stereocenters. The fourth-order valence-electron chi connectivity index (χ4n) is 3.72. The lowest BCUT2D eigenvalue weighted by Crippen LogP contribution is -2.39. The van der Waals surface area contributed by atoms with Gasteiger partial charge in [-0.1, -0.05) is 12.7 Å². The van der Waals surface area contributed by atoms with Crippen molar-refractivity contribution < 1.29 is 9.53 Å². The zero-order valence-corrected chi connectivity index (χ0v) is 15.3. The first kappa shape index (κ1) is 17.7. The van der Waals surface area contributed by atoms with E-state index in [9.17, 15) is 4.79 Å². The van der Waals surface area contributed by atoms with Gasteiger partial charge in [-0.05, 0) is 25.0 Å². The Labute approximate surface area is 158 Å². The second-order valence-corrected chi connectivity index (χ2v) is 6.82. The molecule has 1 fully saturated rings. The highest BCUT2D eigenvalue weighted by Gasteiger charge is 2.30. The Bertz CT molecular complexity index is 825. The van der Waals surface area contributed by atoms with Crippen LogP contribution < -0.4 is 10.1 Å². The van der Waals surface area contributed by atoms with Crippen molar-refractivity contribution in [2.45, 2.75) is 31.8 Å². The van der Waals surface area contributed by atoms with E-state index in [0.717, 1.165) is 44.1 Å². The summed E-state index contributed by atoms with van der Waals surface area (Å²) in [5.41, 5.74) is 0.365. The first-order chi connectivity index (χ1) is 13.3. The van der Waals surface area contributed by atoms with E-state index in [1.54, 1.807) is 24.4 Å². The van der Waals surface area contributed by atoms with Crippen LogP contribution in [-0.4, -0.2) is 56.8 Å². The van der Waals surface area contributed by atoms with Crippen LogP contribution in [-0.2, 0) is 13.1 Å². The molecule has 0 spiro atoms. The summed E-state index contributed by atoms with van der Waals surface area (Å²) in [4.78, 5) is 19.0. The van der Waals surface area contributed by atoms with Gasteiger partial charge in [-0.25, -0.2) is 4.98 Å². The van der Waals surface area contributed by atoms with Crippen LogP contribution in [0.15, 0.2) is 31.0 Å². The van der Waals surface area contributed by atoms with Crippen LogP contribution in [0.1, 0.15) is 40.9 Å². The molecule has 0 aromatic carbocycles. The van der Waals surface area contributed by atoms with Gasteiger partial charge in [0.15, 0.2) is 11.4 Å². The lowest BCUT2D eigenvalue weighted by atomic mass is 9.95. The van der Waals surface area contributed by atoms with Gasteiger partial charge in [-0.2, -0.15) is 0 Å². The van der Waals surface area contributed by atoms with Crippen molar-refractivity contribution in [3.63, 3.8) is 0 Å². The molecule has 0 saturated carbocycles.